The van der Waals surface area contributed by atoms with E-state index in [4.69, 9.17) is 23.7 Å². The largest absolute Gasteiger partial charge is 0.494 e. The lowest BCUT2D eigenvalue weighted by Crippen LogP contribution is -1.96. The Morgan fingerprint density at radius 1 is 0.377 bits per heavy atom. The van der Waals surface area contributed by atoms with E-state index < -0.39 is 0 Å². The van der Waals surface area contributed by atoms with Gasteiger partial charge in [0, 0.05) is 6.07 Å². The van der Waals surface area contributed by atoms with Gasteiger partial charge in [-0.2, -0.15) is 25.6 Å². The quantitative estimate of drug-likeness (QED) is 0.0529. The van der Waals surface area contributed by atoms with Gasteiger partial charge in [0.15, 0.2) is 0 Å². The molecule has 0 radical (unpaired) electrons. The second-order valence-corrected chi connectivity index (χ2v) is 14.6. The molecular weight excluding hydrogens is 765 g/mol. The molecule has 6 rings (SSSR count). The summed E-state index contributed by atoms with van der Waals surface area (Å²) < 4.78 is 29.4. The first-order valence-corrected chi connectivity index (χ1v) is 20.9. The fourth-order valence-corrected chi connectivity index (χ4v) is 6.10. The lowest BCUT2D eigenvalue weighted by molar-refractivity contribution is 0.305. The molecule has 0 fully saturated rings. The standard InChI is InChI=1S/C50H54N6O5/c1-7-9-11-29-58-40-17-21-42(22-18-40)60-44-25-27-46(35(3)31-44)53-51-38-13-15-39(16-14-38)52-55-48-34-50(57-6)49(33-37(48)5)56-54-47-28-26-45(32-36(47)4)61-43-23-19-41(20-24-43)59-30-12-10-8-2/h13-28,31-34H,7-12,29-30H2,1-6H3. The van der Waals surface area contributed by atoms with Crippen LogP contribution in [-0.2, 0) is 0 Å². The molecule has 0 aromatic heterocycles. The smallest absolute Gasteiger partial charge is 0.148 e. The average molecular weight is 819 g/mol. The minimum absolute atomic E-state index is 0.529. The van der Waals surface area contributed by atoms with Gasteiger partial charge >= 0.3 is 0 Å². The van der Waals surface area contributed by atoms with Crippen molar-refractivity contribution in [3.8, 4) is 40.2 Å². The van der Waals surface area contributed by atoms with Crippen LogP contribution in [0, 0.1) is 20.8 Å². The van der Waals surface area contributed by atoms with E-state index in [1.807, 2.05) is 136 Å². The van der Waals surface area contributed by atoms with Crippen molar-refractivity contribution < 1.29 is 23.7 Å². The highest BCUT2D eigenvalue weighted by molar-refractivity contribution is 5.63. The molecule has 6 aromatic carbocycles. The zero-order chi connectivity index (χ0) is 42.8. The SMILES string of the molecule is CCCCCOc1ccc(Oc2ccc(N=Nc3ccc(N=Nc4cc(OC)c(N=Nc5ccc(Oc6ccc(OCCCCC)cc6)cc5C)cc4C)cc3)c(C)c2)cc1. The van der Waals surface area contributed by atoms with Gasteiger partial charge in [0.1, 0.15) is 45.9 Å². The molecule has 11 nitrogen and oxygen atoms in total. The van der Waals surface area contributed by atoms with E-state index in [1.165, 1.54) is 25.7 Å². The molecule has 0 unspecified atom stereocenters. The van der Waals surface area contributed by atoms with Crippen molar-refractivity contribution in [2.75, 3.05) is 20.3 Å². The summed E-state index contributed by atoms with van der Waals surface area (Å²) >= 11 is 0. The van der Waals surface area contributed by atoms with E-state index >= 15 is 0 Å². The Kier molecular flexibility index (Phi) is 16.1. The zero-order valence-corrected chi connectivity index (χ0v) is 35.9. The van der Waals surface area contributed by atoms with Crippen LogP contribution in [0.4, 0.5) is 34.1 Å². The van der Waals surface area contributed by atoms with Crippen LogP contribution >= 0.6 is 0 Å². The summed E-state index contributed by atoms with van der Waals surface area (Å²) in [6.07, 6.45) is 6.78. The molecule has 0 aliphatic rings. The molecule has 11 heteroatoms. The Bertz CT molecular complexity index is 2410. The maximum absolute atomic E-state index is 6.08. The summed E-state index contributed by atoms with van der Waals surface area (Å²) in [5, 5.41) is 26.9. The topological polar surface area (TPSA) is 120 Å². The van der Waals surface area contributed by atoms with Crippen molar-refractivity contribution in [1.82, 2.24) is 0 Å². The number of benzene rings is 6. The van der Waals surface area contributed by atoms with Gasteiger partial charge in [-0.15, -0.1) is 5.11 Å². The van der Waals surface area contributed by atoms with Gasteiger partial charge in [-0.3, -0.25) is 0 Å². The predicted octanol–water partition coefficient (Wildman–Crippen LogP) is 16.6. The fourth-order valence-electron chi connectivity index (χ4n) is 6.10. The maximum atomic E-state index is 6.08. The van der Waals surface area contributed by atoms with Crippen molar-refractivity contribution in [1.29, 1.82) is 0 Å². The Morgan fingerprint density at radius 3 is 1.21 bits per heavy atom. The summed E-state index contributed by atoms with van der Waals surface area (Å²) in [5.41, 5.74) is 6.79. The molecule has 0 aliphatic carbocycles. The molecule has 0 atom stereocenters. The van der Waals surface area contributed by atoms with Gasteiger partial charge in [-0.05, 0) is 166 Å². The minimum atomic E-state index is 0.529. The fraction of sp³-hybridized carbons (Fsp3) is 0.280. The third-order valence-corrected chi connectivity index (χ3v) is 9.65. The van der Waals surface area contributed by atoms with Crippen molar-refractivity contribution >= 4 is 34.1 Å². The second kappa shape index (κ2) is 22.5. The average Bonchev–Trinajstić information content (AvgIpc) is 3.27. The number of aryl methyl sites for hydroxylation is 3. The van der Waals surface area contributed by atoms with Crippen molar-refractivity contribution in [3.63, 3.8) is 0 Å². The molecule has 0 amide bonds. The van der Waals surface area contributed by atoms with E-state index in [0.717, 1.165) is 77.2 Å². The summed E-state index contributed by atoms with van der Waals surface area (Å²) in [6.45, 7) is 11.7. The first-order valence-electron chi connectivity index (χ1n) is 20.9. The van der Waals surface area contributed by atoms with Crippen LogP contribution in [0.15, 0.2) is 152 Å². The van der Waals surface area contributed by atoms with Gasteiger partial charge in [0.25, 0.3) is 0 Å². The molecule has 0 aliphatic heterocycles. The zero-order valence-electron chi connectivity index (χ0n) is 35.9. The van der Waals surface area contributed by atoms with Crippen LogP contribution in [0.2, 0.25) is 0 Å². The van der Waals surface area contributed by atoms with Gasteiger partial charge < -0.3 is 23.7 Å². The molecular formula is C50H54N6O5. The van der Waals surface area contributed by atoms with Crippen LogP contribution in [0.5, 0.6) is 40.2 Å². The number of rotatable bonds is 21. The van der Waals surface area contributed by atoms with Crippen LogP contribution in [0.3, 0.4) is 0 Å². The Labute approximate surface area is 359 Å². The van der Waals surface area contributed by atoms with Gasteiger partial charge in [0.05, 0.1) is 48.8 Å². The summed E-state index contributed by atoms with van der Waals surface area (Å²) in [6, 6.07) is 37.9. The third kappa shape index (κ3) is 13.3. The molecule has 0 saturated carbocycles. The summed E-state index contributed by atoms with van der Waals surface area (Å²) in [4.78, 5) is 0. The molecule has 0 N–H and O–H groups in total. The number of ether oxygens (including phenoxy) is 5. The molecule has 0 saturated heterocycles. The highest BCUT2D eigenvalue weighted by atomic mass is 16.5. The van der Waals surface area contributed by atoms with Crippen LogP contribution in [-0.4, -0.2) is 20.3 Å². The minimum Gasteiger partial charge on any atom is -0.494 e. The number of hydrogen-bond acceptors (Lipinski definition) is 11. The number of methoxy groups -OCH3 is 1. The molecule has 314 valence electrons. The van der Waals surface area contributed by atoms with Crippen LogP contribution < -0.4 is 23.7 Å². The Morgan fingerprint density at radius 2 is 0.770 bits per heavy atom. The van der Waals surface area contributed by atoms with E-state index in [9.17, 15) is 0 Å². The summed E-state index contributed by atoms with van der Waals surface area (Å²) in [7, 11) is 1.59. The number of azo groups is 3. The second-order valence-electron chi connectivity index (χ2n) is 14.6. The highest BCUT2D eigenvalue weighted by Crippen LogP contribution is 2.38. The molecule has 61 heavy (non-hydrogen) atoms. The van der Waals surface area contributed by atoms with E-state index in [2.05, 4.69) is 44.5 Å². The van der Waals surface area contributed by atoms with Gasteiger partial charge in [-0.1, -0.05) is 39.5 Å². The first kappa shape index (κ1) is 43.7. The van der Waals surface area contributed by atoms with E-state index in [-0.39, 0.29) is 0 Å². The van der Waals surface area contributed by atoms with Crippen molar-refractivity contribution in [3.05, 3.63) is 138 Å². The van der Waals surface area contributed by atoms with Crippen LogP contribution in [0.1, 0.15) is 69.1 Å². The molecule has 0 heterocycles. The monoisotopic (exact) mass is 818 g/mol. The normalized spacial score (nSPS) is 11.4. The maximum Gasteiger partial charge on any atom is 0.148 e. The lowest BCUT2D eigenvalue weighted by atomic mass is 10.1. The lowest BCUT2D eigenvalue weighted by Gasteiger charge is -2.10. The Balaban J connectivity index is 1.02. The Hall–Kier alpha value is -6.88. The molecule has 0 bridgehead atoms. The number of nitrogens with zero attached hydrogens (tertiary/aromatic N) is 6. The number of hydrogen-bond donors (Lipinski definition) is 0. The van der Waals surface area contributed by atoms with Gasteiger partial charge in [-0.25, -0.2) is 0 Å². The predicted molar refractivity (Wildman–Crippen MR) is 242 cm³/mol. The van der Waals surface area contributed by atoms with Gasteiger partial charge in [0.2, 0.25) is 0 Å². The van der Waals surface area contributed by atoms with Crippen molar-refractivity contribution in [2.45, 2.75) is 73.1 Å². The van der Waals surface area contributed by atoms with Crippen molar-refractivity contribution in [2.24, 2.45) is 30.7 Å². The molecule has 0 spiro atoms. The van der Waals surface area contributed by atoms with E-state index in [1.54, 1.807) is 13.2 Å². The van der Waals surface area contributed by atoms with E-state index in [0.29, 0.717) is 39.9 Å². The highest BCUT2D eigenvalue weighted by Gasteiger charge is 2.10. The first-order chi connectivity index (χ1) is 29.8. The summed E-state index contributed by atoms with van der Waals surface area (Å²) in [5.74, 6) is 5.11. The van der Waals surface area contributed by atoms with Crippen LogP contribution in [0.25, 0.3) is 0 Å². The molecule has 6 aromatic rings. The number of unbranched alkanes of at least 4 members (excludes halogenated alkanes) is 4. The third-order valence-electron chi connectivity index (χ3n) is 9.65.